The maximum atomic E-state index is 12.8. The van der Waals surface area contributed by atoms with Crippen LogP contribution in [0.4, 0.5) is 0 Å². The monoisotopic (exact) mass is 318 g/mol. The van der Waals surface area contributed by atoms with E-state index in [1.54, 1.807) is 0 Å². The Morgan fingerprint density at radius 3 is 2.52 bits per heavy atom. The number of rotatable bonds is 6. The van der Waals surface area contributed by atoms with E-state index in [9.17, 15) is 9.59 Å². The van der Waals surface area contributed by atoms with Gasteiger partial charge in [0.1, 0.15) is 6.54 Å². The molecule has 0 aromatic heterocycles. The summed E-state index contributed by atoms with van der Waals surface area (Å²) in [6.45, 7) is 7.08. The molecule has 23 heavy (non-hydrogen) atoms. The highest BCUT2D eigenvalue weighted by Crippen LogP contribution is 2.21. The topological polar surface area (TPSA) is 60.9 Å². The van der Waals surface area contributed by atoms with Gasteiger partial charge in [-0.2, -0.15) is 0 Å². The van der Waals surface area contributed by atoms with Gasteiger partial charge in [0.2, 0.25) is 5.91 Å². The highest BCUT2D eigenvalue weighted by molar-refractivity contribution is 5.85. The largest absolute Gasteiger partial charge is 0.480 e. The van der Waals surface area contributed by atoms with Crippen LogP contribution in [0.1, 0.15) is 38.3 Å². The van der Waals surface area contributed by atoms with Crippen molar-refractivity contribution < 1.29 is 14.7 Å². The summed E-state index contributed by atoms with van der Waals surface area (Å²) in [5.74, 6) is -1.06. The van der Waals surface area contributed by atoms with Gasteiger partial charge in [-0.25, -0.2) is 0 Å². The zero-order valence-electron chi connectivity index (χ0n) is 14.2. The van der Waals surface area contributed by atoms with Crippen LogP contribution < -0.4 is 0 Å². The smallest absolute Gasteiger partial charge is 0.323 e. The molecule has 0 radical (unpaired) electrons. The predicted octanol–water partition coefficient (Wildman–Crippen LogP) is 2.14. The number of fused-ring (bicyclic) bond motifs is 1. The molecule has 0 saturated heterocycles. The Balaban J connectivity index is 2.10. The number of carbonyl (C=O) groups is 2. The third-order valence-corrected chi connectivity index (χ3v) is 4.78. The maximum absolute atomic E-state index is 12.8. The molecule has 1 N–H and O–H groups in total. The van der Waals surface area contributed by atoms with Crippen molar-refractivity contribution in [3.8, 4) is 0 Å². The Kier molecular flexibility index (Phi) is 5.77. The molecule has 1 amide bonds. The predicted molar refractivity (Wildman–Crippen MR) is 89.1 cm³/mol. The van der Waals surface area contributed by atoms with E-state index >= 15 is 0 Å². The Hall–Kier alpha value is -1.88. The fourth-order valence-corrected chi connectivity index (χ4v) is 3.06. The zero-order valence-corrected chi connectivity index (χ0v) is 14.2. The van der Waals surface area contributed by atoms with Crippen molar-refractivity contribution in [2.24, 2.45) is 0 Å². The molecule has 1 aromatic rings. The molecule has 2 rings (SSSR count). The fraction of sp³-hybridized carbons (Fsp3) is 0.556. The summed E-state index contributed by atoms with van der Waals surface area (Å²) in [6.07, 6.45) is 1.67. The van der Waals surface area contributed by atoms with Gasteiger partial charge in [-0.3, -0.25) is 14.5 Å². The minimum absolute atomic E-state index is 0.0712. The molecule has 5 heteroatoms. The summed E-state index contributed by atoms with van der Waals surface area (Å²) in [6, 6.07) is 7.91. The summed E-state index contributed by atoms with van der Waals surface area (Å²) in [7, 11) is 0. The SMILES string of the molecule is CC[C@H](C)N(CC(=O)O)C(=O)[C@@H](C)N1CCc2ccccc2C1. The quantitative estimate of drug-likeness (QED) is 0.873. The average Bonchev–Trinajstić information content (AvgIpc) is 2.57. The van der Waals surface area contributed by atoms with Crippen LogP contribution in [0.3, 0.4) is 0 Å². The minimum atomic E-state index is -0.963. The molecule has 2 atom stereocenters. The summed E-state index contributed by atoms with van der Waals surface area (Å²) in [4.78, 5) is 27.5. The van der Waals surface area contributed by atoms with E-state index in [4.69, 9.17) is 5.11 Å². The van der Waals surface area contributed by atoms with Crippen molar-refractivity contribution in [3.05, 3.63) is 35.4 Å². The van der Waals surface area contributed by atoms with E-state index in [2.05, 4.69) is 17.0 Å². The first-order valence-electron chi connectivity index (χ1n) is 8.27. The Morgan fingerprint density at radius 1 is 1.26 bits per heavy atom. The second-order valence-corrected chi connectivity index (χ2v) is 6.28. The van der Waals surface area contributed by atoms with Gasteiger partial charge < -0.3 is 10.0 Å². The molecular weight excluding hydrogens is 292 g/mol. The van der Waals surface area contributed by atoms with Gasteiger partial charge in [0.05, 0.1) is 6.04 Å². The van der Waals surface area contributed by atoms with Crippen LogP contribution in [0.2, 0.25) is 0 Å². The van der Waals surface area contributed by atoms with Gasteiger partial charge in [0, 0.05) is 19.1 Å². The second kappa shape index (κ2) is 7.59. The summed E-state index contributed by atoms with van der Waals surface area (Å²) < 4.78 is 0. The lowest BCUT2D eigenvalue weighted by Crippen LogP contribution is -2.52. The molecule has 0 saturated carbocycles. The lowest BCUT2D eigenvalue weighted by Gasteiger charge is -2.37. The second-order valence-electron chi connectivity index (χ2n) is 6.28. The highest BCUT2D eigenvalue weighted by atomic mass is 16.4. The molecule has 5 nitrogen and oxygen atoms in total. The first-order valence-corrected chi connectivity index (χ1v) is 8.27. The standard InChI is InChI=1S/C18H26N2O3/c1-4-13(2)20(12-17(21)22)18(23)14(3)19-10-9-15-7-5-6-8-16(15)11-19/h5-8,13-14H,4,9-12H2,1-3H3,(H,21,22)/t13-,14+/m0/s1. The molecule has 1 aliphatic heterocycles. The number of hydrogen-bond acceptors (Lipinski definition) is 3. The van der Waals surface area contributed by atoms with Gasteiger partial charge in [-0.15, -0.1) is 0 Å². The molecule has 0 unspecified atom stereocenters. The number of amides is 1. The highest BCUT2D eigenvalue weighted by Gasteiger charge is 2.31. The van der Waals surface area contributed by atoms with Crippen LogP contribution >= 0.6 is 0 Å². The van der Waals surface area contributed by atoms with Gasteiger partial charge in [0.25, 0.3) is 0 Å². The van der Waals surface area contributed by atoms with Gasteiger partial charge in [0.15, 0.2) is 0 Å². The summed E-state index contributed by atoms with van der Waals surface area (Å²) in [5, 5.41) is 9.09. The Morgan fingerprint density at radius 2 is 1.91 bits per heavy atom. The average molecular weight is 318 g/mol. The van der Waals surface area contributed by atoms with Crippen LogP contribution in [-0.4, -0.2) is 52.0 Å². The number of aliphatic carboxylic acids is 1. The van der Waals surface area contributed by atoms with Gasteiger partial charge in [-0.05, 0) is 37.8 Å². The number of nitrogens with zero attached hydrogens (tertiary/aromatic N) is 2. The van der Waals surface area contributed by atoms with Crippen LogP contribution in [0.25, 0.3) is 0 Å². The van der Waals surface area contributed by atoms with Crippen molar-refractivity contribution in [2.75, 3.05) is 13.1 Å². The molecule has 0 bridgehead atoms. The van der Waals surface area contributed by atoms with Crippen molar-refractivity contribution in [1.29, 1.82) is 0 Å². The van der Waals surface area contributed by atoms with E-state index in [1.165, 1.54) is 16.0 Å². The van der Waals surface area contributed by atoms with Crippen molar-refractivity contribution in [2.45, 2.75) is 52.2 Å². The van der Waals surface area contributed by atoms with E-state index in [1.807, 2.05) is 32.9 Å². The zero-order chi connectivity index (χ0) is 17.0. The molecule has 1 aliphatic rings. The summed E-state index contributed by atoms with van der Waals surface area (Å²) in [5.41, 5.74) is 2.60. The molecule has 1 heterocycles. The van der Waals surface area contributed by atoms with Gasteiger partial charge in [-0.1, -0.05) is 31.2 Å². The number of carbonyl (C=O) groups excluding carboxylic acids is 1. The molecule has 126 valence electrons. The van der Waals surface area contributed by atoms with Crippen LogP contribution in [0, 0.1) is 0 Å². The summed E-state index contributed by atoms with van der Waals surface area (Å²) >= 11 is 0. The number of hydrogen-bond donors (Lipinski definition) is 1. The van der Waals surface area contributed by atoms with Crippen molar-refractivity contribution in [3.63, 3.8) is 0 Å². The van der Waals surface area contributed by atoms with Crippen molar-refractivity contribution >= 4 is 11.9 Å². The maximum Gasteiger partial charge on any atom is 0.323 e. The van der Waals surface area contributed by atoms with Gasteiger partial charge >= 0.3 is 5.97 Å². The molecule has 0 aliphatic carbocycles. The van der Waals surface area contributed by atoms with Crippen LogP contribution in [-0.2, 0) is 22.6 Å². The lowest BCUT2D eigenvalue weighted by molar-refractivity contribution is -0.148. The third kappa shape index (κ3) is 4.10. The van der Waals surface area contributed by atoms with Crippen LogP contribution in [0.5, 0.6) is 0 Å². The molecular formula is C18H26N2O3. The lowest BCUT2D eigenvalue weighted by atomic mass is 9.98. The molecule has 0 fully saturated rings. The number of carboxylic acids is 1. The van der Waals surface area contributed by atoms with Crippen LogP contribution in [0.15, 0.2) is 24.3 Å². The van der Waals surface area contributed by atoms with Crippen molar-refractivity contribution in [1.82, 2.24) is 9.80 Å². The van der Waals surface area contributed by atoms with E-state index in [0.717, 1.165) is 25.9 Å². The number of benzene rings is 1. The molecule has 1 aromatic carbocycles. The van der Waals surface area contributed by atoms with E-state index in [0.29, 0.717) is 0 Å². The van der Waals surface area contributed by atoms with E-state index < -0.39 is 5.97 Å². The number of carboxylic acid groups (broad SMARTS) is 1. The normalized spacial score (nSPS) is 17.2. The molecule has 0 spiro atoms. The first kappa shape index (κ1) is 17.5. The van der Waals surface area contributed by atoms with E-state index in [-0.39, 0.29) is 24.5 Å². The Bertz CT molecular complexity index is 573. The third-order valence-electron chi connectivity index (χ3n) is 4.78. The Labute approximate surface area is 137 Å². The minimum Gasteiger partial charge on any atom is -0.480 e. The fourth-order valence-electron chi connectivity index (χ4n) is 3.06. The first-order chi connectivity index (χ1) is 10.9.